The van der Waals surface area contributed by atoms with E-state index in [9.17, 15) is 8.42 Å². The average molecular weight is 480 g/mol. The van der Waals surface area contributed by atoms with E-state index in [-0.39, 0.29) is 17.4 Å². The summed E-state index contributed by atoms with van der Waals surface area (Å²) < 4.78 is 39.7. The zero-order valence-electron chi connectivity index (χ0n) is 19.7. The van der Waals surface area contributed by atoms with E-state index >= 15 is 0 Å². The maximum absolute atomic E-state index is 13.2. The molecule has 1 heterocycles. The summed E-state index contributed by atoms with van der Waals surface area (Å²) in [5.41, 5.74) is 4.14. The molecule has 0 radical (unpaired) electrons. The molecule has 1 atom stereocenters. The first-order valence-corrected chi connectivity index (χ1v) is 12.4. The predicted octanol–water partition coefficient (Wildman–Crippen LogP) is 4.36. The van der Waals surface area contributed by atoms with Crippen molar-refractivity contribution in [1.82, 2.24) is 9.71 Å². The van der Waals surface area contributed by atoms with Crippen molar-refractivity contribution in [1.29, 1.82) is 0 Å². The molecule has 0 amide bonds. The van der Waals surface area contributed by atoms with E-state index in [4.69, 9.17) is 9.47 Å². The monoisotopic (exact) mass is 479 g/mol. The fraction of sp³-hybridized carbons (Fsp3) is 0.231. The van der Waals surface area contributed by atoms with Crippen molar-refractivity contribution in [3.8, 4) is 11.5 Å². The van der Waals surface area contributed by atoms with Crippen LogP contribution in [0.25, 0.3) is 10.9 Å². The first-order valence-electron chi connectivity index (χ1n) is 10.9. The minimum atomic E-state index is -3.79. The number of rotatable bonds is 9. The fourth-order valence-electron chi connectivity index (χ4n) is 4.05. The normalized spacial score (nSPS) is 12.5. The number of nitrogens with one attached hydrogen (secondary N) is 2. The highest BCUT2D eigenvalue weighted by molar-refractivity contribution is 7.89. The van der Waals surface area contributed by atoms with E-state index < -0.39 is 10.0 Å². The van der Waals surface area contributed by atoms with Gasteiger partial charge in [0.15, 0.2) is 11.5 Å². The Morgan fingerprint density at radius 2 is 1.65 bits per heavy atom. The molecular weight excluding hydrogens is 450 g/mol. The lowest BCUT2D eigenvalue weighted by Gasteiger charge is -2.20. The first kappa shape index (κ1) is 23.7. The topological polar surface area (TPSA) is 83.7 Å². The molecule has 1 aromatic heterocycles. The Balaban J connectivity index is 1.69. The van der Waals surface area contributed by atoms with E-state index in [2.05, 4.69) is 9.71 Å². The summed E-state index contributed by atoms with van der Waals surface area (Å²) >= 11 is 0. The third-order valence-corrected chi connectivity index (χ3v) is 7.37. The number of para-hydroxylation sites is 1. The van der Waals surface area contributed by atoms with E-state index in [1.165, 1.54) is 26.4 Å². The summed E-state index contributed by atoms with van der Waals surface area (Å²) in [6.45, 7) is 0.194. The fourth-order valence-corrected chi connectivity index (χ4v) is 5.12. The average Bonchev–Trinajstić information content (AvgIpc) is 3.28. The number of aromatic nitrogens is 1. The van der Waals surface area contributed by atoms with E-state index in [1.807, 2.05) is 73.7 Å². The largest absolute Gasteiger partial charge is 0.493 e. The molecule has 3 aromatic carbocycles. The molecule has 1 unspecified atom stereocenters. The Morgan fingerprint density at radius 1 is 0.941 bits per heavy atom. The Morgan fingerprint density at radius 3 is 2.32 bits per heavy atom. The molecule has 178 valence electrons. The van der Waals surface area contributed by atoms with Gasteiger partial charge in [-0.15, -0.1) is 0 Å². The summed E-state index contributed by atoms with van der Waals surface area (Å²) in [4.78, 5) is 5.46. The SMILES string of the molecule is COc1ccc(S(=O)(=O)NCC(c2ccc(N(C)C)cc2)c2c[nH]c3ccccc23)cc1OC. The van der Waals surface area contributed by atoms with E-state index in [0.717, 1.165) is 27.7 Å². The quantitative estimate of drug-likeness (QED) is 0.373. The maximum atomic E-state index is 13.2. The van der Waals surface area contributed by atoms with Crippen molar-refractivity contribution >= 4 is 26.6 Å². The van der Waals surface area contributed by atoms with Crippen LogP contribution in [0.4, 0.5) is 5.69 Å². The molecule has 7 nitrogen and oxygen atoms in total. The second kappa shape index (κ2) is 9.79. The number of anilines is 1. The summed E-state index contributed by atoms with van der Waals surface area (Å²) in [5.74, 6) is 0.638. The van der Waals surface area contributed by atoms with Crippen LogP contribution in [-0.2, 0) is 10.0 Å². The summed E-state index contributed by atoms with van der Waals surface area (Å²) in [5, 5.41) is 1.06. The highest BCUT2D eigenvalue weighted by atomic mass is 32.2. The molecule has 0 spiro atoms. The van der Waals surface area contributed by atoms with Crippen LogP contribution in [0.5, 0.6) is 11.5 Å². The zero-order chi connectivity index (χ0) is 24.3. The molecule has 4 rings (SSSR count). The molecular formula is C26H29N3O4S. The van der Waals surface area contributed by atoms with Crippen molar-refractivity contribution in [3.63, 3.8) is 0 Å². The Kier molecular flexibility index (Phi) is 6.81. The van der Waals surface area contributed by atoms with Crippen LogP contribution in [0, 0.1) is 0 Å². The van der Waals surface area contributed by atoms with Gasteiger partial charge in [0, 0.05) is 55.4 Å². The van der Waals surface area contributed by atoms with Crippen molar-refractivity contribution in [2.45, 2.75) is 10.8 Å². The lowest BCUT2D eigenvalue weighted by atomic mass is 9.91. The van der Waals surface area contributed by atoms with Crippen LogP contribution >= 0.6 is 0 Å². The summed E-state index contributed by atoms with van der Waals surface area (Å²) in [7, 11) is 3.18. The van der Waals surface area contributed by atoms with Crippen molar-refractivity contribution < 1.29 is 17.9 Å². The van der Waals surface area contributed by atoms with Gasteiger partial charge in [0.1, 0.15) is 0 Å². The third kappa shape index (κ3) is 4.73. The molecule has 0 fully saturated rings. The van der Waals surface area contributed by atoms with Gasteiger partial charge in [0.05, 0.1) is 19.1 Å². The van der Waals surface area contributed by atoms with Gasteiger partial charge in [-0.05, 0) is 41.5 Å². The lowest BCUT2D eigenvalue weighted by Crippen LogP contribution is -2.29. The lowest BCUT2D eigenvalue weighted by molar-refractivity contribution is 0.354. The van der Waals surface area contributed by atoms with E-state index in [1.54, 1.807) is 6.07 Å². The molecule has 2 N–H and O–H groups in total. The van der Waals surface area contributed by atoms with Gasteiger partial charge in [-0.1, -0.05) is 30.3 Å². The second-order valence-corrected chi connectivity index (χ2v) is 9.96. The van der Waals surface area contributed by atoms with Gasteiger partial charge in [-0.2, -0.15) is 0 Å². The molecule has 0 aliphatic rings. The standard InChI is InChI=1S/C26H29N3O4S/c1-29(2)19-11-9-18(10-12-19)22(23-16-27-24-8-6-5-7-21(23)24)17-28-34(30,31)20-13-14-25(32-3)26(15-20)33-4/h5-16,22,27-28H,17H2,1-4H3. The van der Waals surface area contributed by atoms with Crippen LogP contribution in [0.15, 0.2) is 77.8 Å². The van der Waals surface area contributed by atoms with Gasteiger partial charge in [0.2, 0.25) is 10.0 Å². The summed E-state index contributed by atoms with van der Waals surface area (Å²) in [6, 6.07) is 20.8. The third-order valence-electron chi connectivity index (χ3n) is 5.95. The number of ether oxygens (including phenoxy) is 2. The van der Waals surface area contributed by atoms with Crippen LogP contribution < -0.4 is 19.1 Å². The molecule has 0 aliphatic heterocycles. The number of benzene rings is 3. The highest BCUT2D eigenvalue weighted by Crippen LogP contribution is 2.33. The predicted molar refractivity (Wildman–Crippen MR) is 136 cm³/mol. The number of fused-ring (bicyclic) bond motifs is 1. The number of methoxy groups -OCH3 is 2. The molecule has 34 heavy (non-hydrogen) atoms. The first-order chi connectivity index (χ1) is 16.3. The van der Waals surface area contributed by atoms with Gasteiger partial charge in [-0.3, -0.25) is 0 Å². The second-order valence-electron chi connectivity index (χ2n) is 8.20. The minimum absolute atomic E-state index is 0.116. The highest BCUT2D eigenvalue weighted by Gasteiger charge is 2.23. The van der Waals surface area contributed by atoms with Gasteiger partial charge < -0.3 is 19.4 Å². The Bertz CT molecular complexity index is 1380. The number of aromatic amines is 1. The maximum Gasteiger partial charge on any atom is 0.240 e. The number of H-pyrrole nitrogens is 1. The minimum Gasteiger partial charge on any atom is -0.493 e. The van der Waals surface area contributed by atoms with Crippen molar-refractivity contribution in [3.05, 3.63) is 84.1 Å². The smallest absolute Gasteiger partial charge is 0.240 e. The van der Waals surface area contributed by atoms with Gasteiger partial charge in [-0.25, -0.2) is 13.1 Å². The van der Waals surface area contributed by atoms with Crippen LogP contribution in [0.2, 0.25) is 0 Å². The van der Waals surface area contributed by atoms with Crippen LogP contribution in [0.3, 0.4) is 0 Å². The van der Waals surface area contributed by atoms with Gasteiger partial charge >= 0.3 is 0 Å². The number of nitrogens with zero attached hydrogens (tertiary/aromatic N) is 1. The molecule has 0 saturated heterocycles. The zero-order valence-corrected chi connectivity index (χ0v) is 20.5. The van der Waals surface area contributed by atoms with Crippen LogP contribution in [-0.4, -0.2) is 48.3 Å². The van der Waals surface area contributed by atoms with E-state index in [0.29, 0.717) is 11.5 Å². The Hall–Kier alpha value is -3.49. The Labute approximate surface area is 200 Å². The molecule has 0 aliphatic carbocycles. The molecule has 4 aromatic rings. The molecule has 8 heteroatoms. The van der Waals surface area contributed by atoms with Gasteiger partial charge in [0.25, 0.3) is 0 Å². The molecule has 0 bridgehead atoms. The van der Waals surface area contributed by atoms with Crippen molar-refractivity contribution in [2.75, 3.05) is 39.8 Å². The van der Waals surface area contributed by atoms with Crippen LogP contribution in [0.1, 0.15) is 17.0 Å². The number of hydrogen-bond donors (Lipinski definition) is 2. The molecule has 0 saturated carbocycles. The number of sulfonamides is 1. The van der Waals surface area contributed by atoms with Crippen molar-refractivity contribution in [2.24, 2.45) is 0 Å². The summed E-state index contributed by atoms with van der Waals surface area (Å²) in [6.07, 6.45) is 1.96. The number of hydrogen-bond acceptors (Lipinski definition) is 5.